The van der Waals surface area contributed by atoms with Gasteiger partial charge in [-0.1, -0.05) is 12.1 Å². The third-order valence-electron chi connectivity index (χ3n) is 2.23. The van der Waals surface area contributed by atoms with Crippen molar-refractivity contribution in [2.24, 2.45) is 0 Å². The summed E-state index contributed by atoms with van der Waals surface area (Å²) in [6, 6.07) is 7.59. The van der Waals surface area contributed by atoms with Crippen LogP contribution in [-0.2, 0) is 9.53 Å². The van der Waals surface area contributed by atoms with Crippen molar-refractivity contribution in [3.8, 4) is 0 Å². The Morgan fingerprint density at radius 3 is 3.12 bits per heavy atom. The summed E-state index contributed by atoms with van der Waals surface area (Å²) in [7, 11) is 1.48. The molecule has 2 aromatic rings. The third-order valence-corrected chi connectivity index (χ3v) is 2.66. The number of amides is 1. The quantitative estimate of drug-likeness (QED) is 0.947. The van der Waals surface area contributed by atoms with E-state index in [1.165, 1.54) is 7.11 Å². The van der Waals surface area contributed by atoms with Crippen molar-refractivity contribution in [2.45, 2.75) is 0 Å². The summed E-state index contributed by atoms with van der Waals surface area (Å²) in [4.78, 5) is 15.7. The van der Waals surface area contributed by atoms with Crippen molar-refractivity contribution < 1.29 is 9.53 Å². The highest BCUT2D eigenvalue weighted by Crippen LogP contribution is 2.23. The lowest BCUT2D eigenvalue weighted by molar-refractivity contribution is -0.119. The van der Waals surface area contributed by atoms with Gasteiger partial charge in [0.1, 0.15) is 6.61 Å². The zero-order valence-electron chi connectivity index (χ0n) is 9.24. The summed E-state index contributed by atoms with van der Waals surface area (Å²) in [5.41, 5.74) is 1.46. The topological polar surface area (TPSA) is 51.2 Å². The smallest absolute Gasteiger partial charge is 0.250 e. The van der Waals surface area contributed by atoms with Crippen molar-refractivity contribution in [1.82, 2.24) is 4.98 Å². The van der Waals surface area contributed by atoms with E-state index in [4.69, 9.17) is 4.74 Å². The van der Waals surface area contributed by atoms with Crippen molar-refractivity contribution in [1.29, 1.82) is 0 Å². The van der Waals surface area contributed by atoms with Gasteiger partial charge in [0.25, 0.3) is 0 Å². The molecule has 5 heteroatoms. The van der Waals surface area contributed by atoms with Crippen molar-refractivity contribution >= 4 is 38.4 Å². The Bertz CT molecular complexity index is 557. The lowest BCUT2D eigenvalue weighted by Crippen LogP contribution is -2.17. The van der Waals surface area contributed by atoms with Crippen LogP contribution in [0.2, 0.25) is 0 Å². The van der Waals surface area contributed by atoms with Gasteiger partial charge in [0.2, 0.25) is 5.91 Å². The molecule has 17 heavy (non-hydrogen) atoms. The van der Waals surface area contributed by atoms with Gasteiger partial charge in [-0.2, -0.15) is 0 Å². The number of para-hydroxylation sites is 1. The molecule has 0 atom stereocenters. The highest BCUT2D eigenvalue weighted by molar-refractivity contribution is 9.10. The molecule has 1 heterocycles. The van der Waals surface area contributed by atoms with E-state index < -0.39 is 0 Å². The van der Waals surface area contributed by atoms with Gasteiger partial charge in [0, 0.05) is 23.2 Å². The molecule has 0 saturated heterocycles. The number of aromatic nitrogens is 1. The van der Waals surface area contributed by atoms with Gasteiger partial charge in [-0.05, 0) is 28.1 Å². The molecular formula is C12H11BrN2O2. The van der Waals surface area contributed by atoms with Crippen LogP contribution in [0.3, 0.4) is 0 Å². The second kappa shape index (κ2) is 5.25. The van der Waals surface area contributed by atoms with Gasteiger partial charge in [0.15, 0.2) is 0 Å². The number of methoxy groups -OCH3 is 1. The summed E-state index contributed by atoms with van der Waals surface area (Å²) in [6.07, 6.45) is 1.70. The van der Waals surface area contributed by atoms with E-state index in [1.54, 1.807) is 6.20 Å². The Morgan fingerprint density at radius 2 is 2.35 bits per heavy atom. The first kappa shape index (κ1) is 12.0. The second-order valence-corrected chi connectivity index (χ2v) is 4.43. The summed E-state index contributed by atoms with van der Waals surface area (Å²) in [6.45, 7) is 0.0346. The van der Waals surface area contributed by atoms with Gasteiger partial charge in [-0.3, -0.25) is 9.78 Å². The summed E-state index contributed by atoms with van der Waals surface area (Å²) in [5.74, 6) is -0.190. The monoisotopic (exact) mass is 294 g/mol. The average Bonchev–Trinajstić information content (AvgIpc) is 2.29. The fourth-order valence-electron chi connectivity index (χ4n) is 1.55. The number of carbonyl (C=O) groups is 1. The van der Waals surface area contributed by atoms with Crippen LogP contribution in [0.1, 0.15) is 0 Å². The van der Waals surface area contributed by atoms with Gasteiger partial charge in [-0.15, -0.1) is 0 Å². The molecule has 1 N–H and O–H groups in total. The second-order valence-electron chi connectivity index (χ2n) is 3.51. The van der Waals surface area contributed by atoms with Crippen LogP contribution in [0.25, 0.3) is 10.9 Å². The van der Waals surface area contributed by atoms with E-state index in [2.05, 4.69) is 26.2 Å². The third kappa shape index (κ3) is 2.81. The highest BCUT2D eigenvalue weighted by Gasteiger charge is 2.06. The molecule has 0 spiro atoms. The zero-order chi connectivity index (χ0) is 12.3. The molecule has 1 aromatic heterocycles. The standard InChI is InChI=1S/C12H11BrN2O2/c1-17-7-11(16)15-10-4-2-3-8-5-9(13)6-14-12(8)10/h2-6H,7H2,1H3,(H,15,16). The number of hydrogen-bond acceptors (Lipinski definition) is 3. The highest BCUT2D eigenvalue weighted by atomic mass is 79.9. The average molecular weight is 295 g/mol. The van der Waals surface area contributed by atoms with E-state index in [0.717, 1.165) is 15.4 Å². The molecule has 0 aliphatic heterocycles. The number of carbonyl (C=O) groups excluding carboxylic acids is 1. The Labute approximate surface area is 107 Å². The predicted molar refractivity (Wildman–Crippen MR) is 69.9 cm³/mol. The predicted octanol–water partition coefficient (Wildman–Crippen LogP) is 2.58. The maximum atomic E-state index is 11.4. The first-order valence-electron chi connectivity index (χ1n) is 5.04. The van der Waals surface area contributed by atoms with E-state index in [9.17, 15) is 4.79 Å². The number of anilines is 1. The van der Waals surface area contributed by atoms with Crippen LogP contribution in [0.15, 0.2) is 34.9 Å². The summed E-state index contributed by atoms with van der Waals surface area (Å²) in [5, 5.41) is 3.73. The van der Waals surface area contributed by atoms with Gasteiger partial charge in [0.05, 0.1) is 11.2 Å². The van der Waals surface area contributed by atoms with Crippen LogP contribution >= 0.6 is 15.9 Å². The largest absolute Gasteiger partial charge is 0.375 e. The SMILES string of the molecule is COCC(=O)Nc1cccc2cc(Br)cnc12. The molecule has 0 radical (unpaired) electrons. The molecule has 1 aromatic carbocycles. The summed E-state index contributed by atoms with van der Waals surface area (Å²) >= 11 is 3.36. The molecule has 0 fully saturated rings. The van der Waals surface area contributed by atoms with Gasteiger partial charge >= 0.3 is 0 Å². The molecule has 0 saturated carbocycles. The Kier molecular flexibility index (Phi) is 3.71. The van der Waals surface area contributed by atoms with Crippen molar-refractivity contribution in [2.75, 3.05) is 19.0 Å². The van der Waals surface area contributed by atoms with Crippen molar-refractivity contribution in [3.05, 3.63) is 34.9 Å². The molecule has 0 unspecified atom stereocenters. The number of rotatable bonds is 3. The Hall–Kier alpha value is -1.46. The minimum Gasteiger partial charge on any atom is -0.375 e. The number of hydrogen-bond donors (Lipinski definition) is 1. The first-order chi connectivity index (χ1) is 8.20. The first-order valence-corrected chi connectivity index (χ1v) is 5.83. The van der Waals surface area contributed by atoms with Crippen LogP contribution in [0.4, 0.5) is 5.69 Å². The number of benzene rings is 1. The van der Waals surface area contributed by atoms with E-state index >= 15 is 0 Å². The molecule has 1 amide bonds. The molecular weight excluding hydrogens is 284 g/mol. The van der Waals surface area contributed by atoms with Gasteiger partial charge in [-0.25, -0.2) is 0 Å². The lowest BCUT2D eigenvalue weighted by Gasteiger charge is -2.07. The number of halogens is 1. The molecule has 0 aliphatic rings. The van der Waals surface area contributed by atoms with Gasteiger partial charge < -0.3 is 10.1 Å². The van der Waals surface area contributed by atoms with Crippen molar-refractivity contribution in [3.63, 3.8) is 0 Å². The molecule has 0 aliphatic carbocycles. The molecule has 4 nitrogen and oxygen atoms in total. The number of pyridine rings is 1. The van der Waals surface area contributed by atoms with E-state index in [0.29, 0.717) is 5.69 Å². The minimum atomic E-state index is -0.190. The number of nitrogens with zero attached hydrogens (tertiary/aromatic N) is 1. The number of fused-ring (bicyclic) bond motifs is 1. The van der Waals surface area contributed by atoms with Crippen LogP contribution in [-0.4, -0.2) is 24.6 Å². The van der Waals surface area contributed by atoms with E-state index in [-0.39, 0.29) is 12.5 Å². The van der Waals surface area contributed by atoms with Crippen LogP contribution in [0, 0.1) is 0 Å². The minimum absolute atomic E-state index is 0.0346. The number of ether oxygens (including phenoxy) is 1. The number of nitrogens with one attached hydrogen (secondary N) is 1. The normalized spacial score (nSPS) is 10.5. The molecule has 0 bridgehead atoms. The zero-order valence-corrected chi connectivity index (χ0v) is 10.8. The Balaban J connectivity index is 2.37. The Morgan fingerprint density at radius 1 is 1.53 bits per heavy atom. The maximum Gasteiger partial charge on any atom is 0.250 e. The fourth-order valence-corrected chi connectivity index (χ4v) is 1.90. The van der Waals surface area contributed by atoms with E-state index in [1.807, 2.05) is 24.3 Å². The van der Waals surface area contributed by atoms with Crippen LogP contribution < -0.4 is 5.32 Å². The maximum absolute atomic E-state index is 11.4. The van der Waals surface area contributed by atoms with Crippen LogP contribution in [0.5, 0.6) is 0 Å². The lowest BCUT2D eigenvalue weighted by atomic mass is 10.2. The molecule has 88 valence electrons. The molecule has 2 rings (SSSR count). The fraction of sp³-hybridized carbons (Fsp3) is 0.167. The summed E-state index contributed by atoms with van der Waals surface area (Å²) < 4.78 is 5.67.